The van der Waals surface area contributed by atoms with E-state index in [9.17, 15) is 74.8 Å². The molecule has 4 aromatic carbocycles. The zero-order valence-electron chi connectivity index (χ0n) is 45.6. The second kappa shape index (κ2) is 27.5. The fraction of sp³-hybridized carbons (Fsp3) is 0.519. The topological polar surface area (TPSA) is 371 Å². The minimum atomic E-state index is -5.17. The number of benzene rings is 4. The Morgan fingerprint density at radius 1 is 0.561 bits per heavy atom. The highest BCUT2D eigenvalue weighted by Crippen LogP contribution is 2.55. The van der Waals surface area contributed by atoms with Gasteiger partial charge in [-0.3, -0.25) is 27.6 Å². The predicted octanol–water partition coefficient (Wildman–Crippen LogP) is 5.71. The minimum absolute atomic E-state index is 0.00196. The molecule has 6 N–H and O–H groups in total. The summed E-state index contributed by atoms with van der Waals surface area (Å²) in [7, 11) is -22.1. The third-order valence-corrected chi connectivity index (χ3v) is 18.8. The summed E-state index contributed by atoms with van der Waals surface area (Å²) in [6.45, 7) is 5.54. The van der Waals surface area contributed by atoms with Gasteiger partial charge < -0.3 is 43.3 Å². The van der Waals surface area contributed by atoms with E-state index < -0.39 is 98.8 Å². The monoisotopic (exact) mass is 1250 g/mol. The number of carboxylic acids is 1. The lowest BCUT2D eigenvalue weighted by Crippen LogP contribution is -2.43. The van der Waals surface area contributed by atoms with Crippen LogP contribution >= 0.6 is 0 Å². The van der Waals surface area contributed by atoms with Crippen LogP contribution < -0.4 is 9.80 Å². The molecule has 3 atom stereocenters. The molecule has 4 aromatic rings. The van der Waals surface area contributed by atoms with Gasteiger partial charge in [0.25, 0.3) is 50.6 Å². The molecule has 3 unspecified atom stereocenters. The maximum absolute atomic E-state index is 13.0. The number of unbranched alkanes of at least 4 members (excludes halogenated alkanes) is 2. The lowest BCUT2D eigenvalue weighted by atomic mass is 9.74. The molecule has 25 nitrogen and oxygen atoms in total. The van der Waals surface area contributed by atoms with E-state index in [0.29, 0.717) is 72.8 Å². The summed E-state index contributed by atoms with van der Waals surface area (Å²) >= 11 is 0. The number of hydrogen-bond donors (Lipinski definition) is 6. The molecule has 456 valence electrons. The SMILES string of the molecule is COCCOCCOCCC1(C)C(=CC=CC2N(CCCS(=O)(=O)O)c3ccc4c(S(=O)(=O)O)cc(S(=O)(=O)O)cc4c3C2(C)CCOCCOCCOC)N(CCCCCC(=O)O)c2ccc3c(S(=O)(=O)O)cc(S(=O)(=O)O)cc3c21. The van der Waals surface area contributed by atoms with E-state index in [0.717, 1.165) is 12.1 Å². The van der Waals surface area contributed by atoms with Crippen LogP contribution in [-0.2, 0) is 94.6 Å². The van der Waals surface area contributed by atoms with Gasteiger partial charge in [0.05, 0.1) is 74.4 Å². The first kappa shape index (κ1) is 66.4. The van der Waals surface area contributed by atoms with Gasteiger partial charge in [0.1, 0.15) is 9.79 Å². The van der Waals surface area contributed by atoms with Gasteiger partial charge in [-0.05, 0) is 103 Å². The summed E-state index contributed by atoms with van der Waals surface area (Å²) in [4.78, 5) is 11.9. The van der Waals surface area contributed by atoms with Gasteiger partial charge in [-0.25, -0.2) is 0 Å². The van der Waals surface area contributed by atoms with Crippen LogP contribution in [0.1, 0.15) is 69.9 Å². The van der Waals surface area contributed by atoms with E-state index in [4.69, 9.17) is 28.4 Å². The standard InChI is InChI=1S/C52H70N2O23S5/c1-51(17-21-74-27-29-76-25-23-72-3)46(53(19-7-5-6-12-48(55)56)42-15-13-38-40(49(42)51)32-36(79(60,61)62)34-44(38)81(66,67)68)10-8-11-47-52(2,18-22-75-28-30-77-26-24-73-4)50-41-33-37(80(63,64)65)35-45(82(69,70)71)39(41)14-16-43(50)54(47)20-9-31-78(57,58)59/h8,10-11,13-16,32-35,47H,5-7,9,12,17-31H2,1-4H3,(H,55,56)(H,57,58,59)(H,60,61,62)(H,63,64,65)(H,66,67,68)(H,69,70,71). The molecule has 0 aliphatic carbocycles. The fourth-order valence-electron chi connectivity index (χ4n) is 10.8. The number of allylic oxidation sites excluding steroid dienone is 3. The van der Waals surface area contributed by atoms with Crippen molar-refractivity contribution in [3.63, 3.8) is 0 Å². The molecule has 0 radical (unpaired) electrons. The van der Waals surface area contributed by atoms with E-state index >= 15 is 0 Å². The fourth-order valence-corrected chi connectivity index (χ4v) is 14.0. The number of carbonyl (C=O) groups is 1. The van der Waals surface area contributed by atoms with Crippen LogP contribution in [0, 0.1) is 0 Å². The average molecular weight is 1250 g/mol. The van der Waals surface area contributed by atoms with Crippen molar-refractivity contribution in [2.45, 2.75) is 95.2 Å². The van der Waals surface area contributed by atoms with Crippen LogP contribution in [0.4, 0.5) is 11.4 Å². The normalized spacial score (nSPS) is 19.3. The minimum Gasteiger partial charge on any atom is -0.481 e. The molecule has 0 amide bonds. The van der Waals surface area contributed by atoms with Crippen molar-refractivity contribution in [2.75, 3.05) is 109 Å². The Balaban J connectivity index is 1.61. The molecule has 2 aliphatic rings. The number of methoxy groups -OCH3 is 2. The third-order valence-electron chi connectivity index (χ3n) is 14.6. The number of anilines is 2. The summed E-state index contributed by atoms with van der Waals surface area (Å²) in [5.74, 6) is -1.69. The van der Waals surface area contributed by atoms with Crippen molar-refractivity contribution in [1.82, 2.24) is 0 Å². The lowest BCUT2D eigenvalue weighted by Gasteiger charge is -2.36. The Morgan fingerprint density at radius 2 is 1.05 bits per heavy atom. The van der Waals surface area contributed by atoms with Crippen LogP contribution in [0.2, 0.25) is 0 Å². The zero-order valence-corrected chi connectivity index (χ0v) is 49.7. The first-order valence-corrected chi connectivity index (χ1v) is 33.3. The number of aliphatic carboxylic acids is 1. The Bertz CT molecular complexity index is 3610. The van der Waals surface area contributed by atoms with E-state index in [2.05, 4.69) is 0 Å². The van der Waals surface area contributed by atoms with Crippen LogP contribution in [0.3, 0.4) is 0 Å². The number of hydrogen-bond acceptors (Lipinski definition) is 19. The molecule has 0 fully saturated rings. The second-order valence-electron chi connectivity index (χ2n) is 20.1. The molecule has 2 aliphatic heterocycles. The summed E-state index contributed by atoms with van der Waals surface area (Å²) in [5.41, 5.74) is -0.534. The van der Waals surface area contributed by atoms with E-state index in [1.54, 1.807) is 43.0 Å². The molecule has 0 saturated heterocycles. The Morgan fingerprint density at radius 3 is 1.54 bits per heavy atom. The van der Waals surface area contributed by atoms with Gasteiger partial charge in [0.15, 0.2) is 0 Å². The highest BCUT2D eigenvalue weighted by Gasteiger charge is 2.49. The van der Waals surface area contributed by atoms with Crippen LogP contribution in [0.15, 0.2) is 92.0 Å². The molecule has 0 bridgehead atoms. The van der Waals surface area contributed by atoms with Gasteiger partial charge in [-0.1, -0.05) is 37.6 Å². The summed E-state index contributed by atoms with van der Waals surface area (Å²) in [6.07, 6.45) is 6.24. The van der Waals surface area contributed by atoms with Gasteiger partial charge in [-0.2, -0.15) is 42.1 Å². The van der Waals surface area contributed by atoms with Crippen LogP contribution in [-0.4, -0.2) is 181 Å². The number of nitrogens with zero attached hydrogens (tertiary/aromatic N) is 2. The van der Waals surface area contributed by atoms with E-state index in [1.807, 2.05) is 4.90 Å². The summed E-state index contributed by atoms with van der Waals surface area (Å²) in [5, 5.41) is 9.23. The third kappa shape index (κ3) is 16.2. The van der Waals surface area contributed by atoms with Crippen LogP contribution in [0.5, 0.6) is 0 Å². The summed E-state index contributed by atoms with van der Waals surface area (Å²) < 4.78 is 213. The molecular weight excluding hydrogens is 1180 g/mol. The van der Waals surface area contributed by atoms with Gasteiger partial charge >= 0.3 is 5.97 Å². The Kier molecular flexibility index (Phi) is 22.3. The largest absolute Gasteiger partial charge is 0.481 e. The molecule has 0 saturated carbocycles. The van der Waals surface area contributed by atoms with Crippen LogP contribution in [0.25, 0.3) is 21.5 Å². The molecule has 82 heavy (non-hydrogen) atoms. The molecule has 2 heterocycles. The van der Waals surface area contributed by atoms with Crippen molar-refractivity contribution < 1.29 is 103 Å². The Hall–Kier alpha value is -4.74. The molecule has 0 aromatic heterocycles. The Labute approximate surface area is 477 Å². The van der Waals surface area contributed by atoms with Gasteiger partial charge in [0.2, 0.25) is 0 Å². The zero-order chi connectivity index (χ0) is 60.5. The lowest BCUT2D eigenvalue weighted by molar-refractivity contribution is -0.137. The maximum Gasteiger partial charge on any atom is 0.303 e. The first-order valence-electron chi connectivity index (χ1n) is 25.9. The van der Waals surface area contributed by atoms with Crippen molar-refractivity contribution in [3.05, 3.63) is 83.6 Å². The van der Waals surface area contributed by atoms with Crippen molar-refractivity contribution in [3.8, 4) is 0 Å². The summed E-state index contributed by atoms with van der Waals surface area (Å²) in [6, 6.07) is 8.41. The number of fused-ring (bicyclic) bond motifs is 6. The maximum atomic E-state index is 13.0. The number of carboxylic acid groups (broad SMARTS) is 1. The highest BCUT2D eigenvalue weighted by atomic mass is 32.2. The second-order valence-corrected chi connectivity index (χ2v) is 27.3. The predicted molar refractivity (Wildman–Crippen MR) is 301 cm³/mol. The highest BCUT2D eigenvalue weighted by molar-refractivity contribution is 7.87. The number of rotatable bonds is 34. The number of ether oxygens (including phenoxy) is 6. The van der Waals surface area contributed by atoms with E-state index in [-0.39, 0.29) is 113 Å². The first-order chi connectivity index (χ1) is 38.4. The smallest absolute Gasteiger partial charge is 0.303 e. The van der Waals surface area contributed by atoms with E-state index in [1.165, 1.54) is 32.4 Å². The van der Waals surface area contributed by atoms with Crippen molar-refractivity contribution in [1.29, 1.82) is 0 Å². The van der Waals surface area contributed by atoms with Gasteiger partial charge in [-0.15, -0.1) is 0 Å². The quantitative estimate of drug-likeness (QED) is 0.0241. The average Bonchev–Trinajstić information content (AvgIpc) is 1.64. The molecular formula is C52H70N2O23S5. The van der Waals surface area contributed by atoms with Crippen molar-refractivity contribution >= 4 is 89.5 Å². The van der Waals surface area contributed by atoms with Gasteiger partial charge in [0, 0.05) is 85.6 Å². The molecule has 6 rings (SSSR count). The molecule has 0 spiro atoms. The van der Waals surface area contributed by atoms with Crippen molar-refractivity contribution in [2.24, 2.45) is 0 Å². The molecule has 30 heteroatoms.